The average molecular weight is 630 g/mol. The Kier molecular flexibility index (Phi) is 11.1. The van der Waals surface area contributed by atoms with Crippen molar-refractivity contribution in [2.75, 3.05) is 10.8 Å². The Labute approximate surface area is 265 Å². The average Bonchev–Trinajstić information content (AvgIpc) is 3.03. The van der Waals surface area contributed by atoms with E-state index in [1.54, 1.807) is 55.5 Å². The number of hydrogen-bond acceptors (Lipinski definition) is 4. The predicted molar refractivity (Wildman–Crippen MR) is 176 cm³/mol. The van der Waals surface area contributed by atoms with Crippen molar-refractivity contribution < 1.29 is 22.4 Å². The van der Waals surface area contributed by atoms with E-state index in [1.807, 2.05) is 57.2 Å². The van der Waals surface area contributed by atoms with Gasteiger partial charge in [-0.1, -0.05) is 91.3 Å². The highest BCUT2D eigenvalue weighted by atomic mass is 32.2. The Morgan fingerprint density at radius 3 is 2.11 bits per heavy atom. The van der Waals surface area contributed by atoms with E-state index in [-0.39, 0.29) is 29.5 Å². The van der Waals surface area contributed by atoms with Crippen molar-refractivity contribution in [3.05, 3.63) is 131 Å². The van der Waals surface area contributed by atoms with E-state index in [2.05, 4.69) is 5.32 Å². The van der Waals surface area contributed by atoms with Crippen LogP contribution in [0.2, 0.25) is 0 Å². The summed E-state index contributed by atoms with van der Waals surface area (Å²) < 4.78 is 44.4. The van der Waals surface area contributed by atoms with Gasteiger partial charge in [0.05, 0.1) is 10.6 Å². The van der Waals surface area contributed by atoms with E-state index in [0.717, 1.165) is 15.4 Å². The summed E-state index contributed by atoms with van der Waals surface area (Å²) in [5.41, 5.74) is 2.96. The molecule has 7 nitrogen and oxygen atoms in total. The van der Waals surface area contributed by atoms with Gasteiger partial charge in [-0.25, -0.2) is 12.8 Å². The Morgan fingerprint density at radius 1 is 0.867 bits per heavy atom. The minimum atomic E-state index is -4.22. The molecule has 0 spiro atoms. The zero-order chi connectivity index (χ0) is 32.6. The van der Waals surface area contributed by atoms with E-state index in [1.165, 1.54) is 23.1 Å². The van der Waals surface area contributed by atoms with Gasteiger partial charge in [-0.05, 0) is 62.6 Å². The number of rotatable bonds is 13. The van der Waals surface area contributed by atoms with Crippen molar-refractivity contribution in [3.8, 4) is 0 Å². The first-order valence-corrected chi connectivity index (χ1v) is 16.5. The van der Waals surface area contributed by atoms with Crippen molar-refractivity contribution >= 4 is 27.5 Å². The van der Waals surface area contributed by atoms with Gasteiger partial charge in [0.25, 0.3) is 10.0 Å². The highest BCUT2D eigenvalue weighted by molar-refractivity contribution is 7.92. The number of aryl methyl sites for hydroxylation is 2. The van der Waals surface area contributed by atoms with Crippen LogP contribution in [0.15, 0.2) is 108 Å². The number of amides is 2. The molecule has 9 heteroatoms. The third-order valence-corrected chi connectivity index (χ3v) is 9.58. The number of halogens is 1. The van der Waals surface area contributed by atoms with Crippen molar-refractivity contribution in [1.82, 2.24) is 10.2 Å². The third-order valence-electron chi connectivity index (χ3n) is 7.80. The van der Waals surface area contributed by atoms with Crippen LogP contribution in [0.3, 0.4) is 0 Å². The summed E-state index contributed by atoms with van der Waals surface area (Å²) in [4.78, 5) is 29.7. The lowest BCUT2D eigenvalue weighted by Gasteiger charge is -2.34. The Bertz CT molecular complexity index is 1720. The van der Waals surface area contributed by atoms with Crippen molar-refractivity contribution in [2.24, 2.45) is 0 Å². The van der Waals surface area contributed by atoms with E-state index >= 15 is 4.39 Å². The molecule has 0 saturated carbocycles. The second-order valence-electron chi connectivity index (χ2n) is 11.3. The first-order valence-electron chi connectivity index (χ1n) is 15.0. The van der Waals surface area contributed by atoms with E-state index in [4.69, 9.17) is 0 Å². The van der Waals surface area contributed by atoms with Gasteiger partial charge in [0.15, 0.2) is 0 Å². The highest BCUT2D eigenvalue weighted by Crippen LogP contribution is 2.28. The molecule has 0 heterocycles. The van der Waals surface area contributed by atoms with Gasteiger partial charge >= 0.3 is 0 Å². The number of hydrogen-bond donors (Lipinski definition) is 1. The lowest BCUT2D eigenvalue weighted by molar-refractivity contribution is -0.140. The quantitative estimate of drug-likeness (QED) is 0.191. The smallest absolute Gasteiger partial charge is 0.264 e. The molecule has 4 rings (SSSR count). The minimum Gasteiger partial charge on any atom is -0.352 e. The van der Waals surface area contributed by atoms with Crippen LogP contribution in [0.1, 0.15) is 42.5 Å². The van der Waals surface area contributed by atoms with Crippen molar-refractivity contribution in [1.29, 1.82) is 0 Å². The van der Waals surface area contributed by atoms with E-state index in [0.29, 0.717) is 17.7 Å². The van der Waals surface area contributed by atoms with Crippen molar-refractivity contribution in [3.63, 3.8) is 0 Å². The molecule has 2 unspecified atom stereocenters. The predicted octanol–water partition coefficient (Wildman–Crippen LogP) is 6.19. The number of carbonyl (C=O) groups is 2. The fourth-order valence-corrected chi connectivity index (χ4v) is 6.62. The summed E-state index contributed by atoms with van der Waals surface area (Å²) in [6.07, 6.45) is 0.819. The summed E-state index contributed by atoms with van der Waals surface area (Å²) in [5, 5.41) is 2.98. The van der Waals surface area contributed by atoms with Crippen molar-refractivity contribution in [2.45, 2.75) is 64.1 Å². The van der Waals surface area contributed by atoms with Gasteiger partial charge < -0.3 is 10.2 Å². The molecule has 0 aliphatic rings. The maximum atomic E-state index is 15.1. The van der Waals surface area contributed by atoms with Gasteiger partial charge in [0, 0.05) is 24.6 Å². The number of sulfonamides is 1. The maximum absolute atomic E-state index is 15.1. The normalized spacial score (nSPS) is 12.6. The molecule has 1 N–H and O–H groups in total. The van der Waals surface area contributed by atoms with Gasteiger partial charge in [-0.2, -0.15) is 0 Å². The van der Waals surface area contributed by atoms with Crippen LogP contribution in [0, 0.1) is 19.7 Å². The Morgan fingerprint density at radius 2 is 1.49 bits per heavy atom. The zero-order valence-corrected chi connectivity index (χ0v) is 26.9. The molecule has 236 valence electrons. The number of carbonyl (C=O) groups excluding carboxylic acids is 2. The molecule has 2 amide bonds. The van der Waals surface area contributed by atoms with E-state index in [9.17, 15) is 18.0 Å². The minimum absolute atomic E-state index is 0.0220. The number of nitrogens with one attached hydrogen (secondary N) is 1. The number of benzene rings is 4. The molecule has 0 radical (unpaired) electrons. The summed E-state index contributed by atoms with van der Waals surface area (Å²) in [5.74, 6) is -1.57. The molecule has 0 aliphatic heterocycles. The molecule has 0 bridgehead atoms. The van der Waals surface area contributed by atoms with Crippen LogP contribution in [0.4, 0.5) is 10.1 Å². The van der Waals surface area contributed by atoms with Gasteiger partial charge in [0.2, 0.25) is 11.8 Å². The van der Waals surface area contributed by atoms with Gasteiger partial charge in [0.1, 0.15) is 18.4 Å². The molecular formula is C36H40FN3O4S. The lowest BCUT2D eigenvalue weighted by Crippen LogP contribution is -2.54. The summed E-state index contributed by atoms with van der Waals surface area (Å²) in [6.45, 7) is 6.67. The van der Waals surface area contributed by atoms with Crippen LogP contribution in [0.5, 0.6) is 0 Å². The SMILES string of the molecule is CCC(C)NC(=O)C(Cc1ccccc1)N(Cc1ccccc1F)C(=O)CN(c1ccc(C)cc1C)S(=O)(=O)c1ccccc1. The maximum Gasteiger partial charge on any atom is 0.264 e. The van der Waals surface area contributed by atoms with Crippen LogP contribution in [0.25, 0.3) is 0 Å². The molecule has 0 aromatic heterocycles. The van der Waals surface area contributed by atoms with Gasteiger partial charge in [-0.15, -0.1) is 0 Å². The van der Waals surface area contributed by atoms with E-state index < -0.39 is 40.2 Å². The molecule has 45 heavy (non-hydrogen) atoms. The van der Waals surface area contributed by atoms with Gasteiger partial charge in [-0.3, -0.25) is 13.9 Å². The topological polar surface area (TPSA) is 86.8 Å². The number of nitrogens with zero attached hydrogens (tertiary/aromatic N) is 2. The molecule has 0 fully saturated rings. The largest absolute Gasteiger partial charge is 0.352 e. The first kappa shape index (κ1) is 33.4. The molecule has 4 aromatic rings. The monoisotopic (exact) mass is 629 g/mol. The summed E-state index contributed by atoms with van der Waals surface area (Å²) in [6, 6.07) is 27.3. The third kappa shape index (κ3) is 8.36. The van der Waals surface area contributed by atoms with Crippen LogP contribution in [-0.2, 0) is 32.6 Å². The number of anilines is 1. The fraction of sp³-hybridized carbons (Fsp3) is 0.278. The fourth-order valence-electron chi connectivity index (χ4n) is 5.12. The Balaban J connectivity index is 1.83. The second kappa shape index (κ2) is 15.0. The molecule has 0 aliphatic carbocycles. The molecule has 2 atom stereocenters. The van der Waals surface area contributed by atoms with Crippen LogP contribution >= 0.6 is 0 Å². The standard InChI is InChI=1S/C36H40FN3O4S/c1-5-28(4)38-36(42)34(23-29-14-8-6-9-15-29)39(24-30-16-12-13-19-32(30)37)35(41)25-40(33-21-20-26(2)22-27(33)3)45(43,44)31-17-10-7-11-18-31/h6-22,28,34H,5,23-25H2,1-4H3,(H,38,42). The summed E-state index contributed by atoms with van der Waals surface area (Å²) >= 11 is 0. The first-order chi connectivity index (χ1) is 21.5. The molecule has 4 aromatic carbocycles. The molecular weight excluding hydrogens is 589 g/mol. The van der Waals surface area contributed by atoms with Crippen LogP contribution < -0.4 is 9.62 Å². The second-order valence-corrected chi connectivity index (χ2v) is 13.1. The zero-order valence-electron chi connectivity index (χ0n) is 26.1. The Hall–Kier alpha value is -4.50. The summed E-state index contributed by atoms with van der Waals surface area (Å²) in [7, 11) is -4.22. The highest BCUT2D eigenvalue weighted by Gasteiger charge is 2.35. The lowest BCUT2D eigenvalue weighted by atomic mass is 10.0. The van der Waals surface area contributed by atoms with Crippen LogP contribution in [-0.4, -0.2) is 43.8 Å². The molecule has 0 saturated heterocycles.